The van der Waals surface area contributed by atoms with Crippen molar-refractivity contribution in [3.8, 4) is 11.5 Å². The lowest BCUT2D eigenvalue weighted by atomic mass is 10.0. The Balaban J connectivity index is 0.00000243. The van der Waals surface area contributed by atoms with Gasteiger partial charge in [-0.25, -0.2) is 0 Å². The number of likely N-dealkylation sites (tertiary alicyclic amines) is 1. The fourth-order valence-corrected chi connectivity index (χ4v) is 3.88. The van der Waals surface area contributed by atoms with Gasteiger partial charge in [0.05, 0.1) is 18.2 Å². The molecule has 2 aliphatic heterocycles. The summed E-state index contributed by atoms with van der Waals surface area (Å²) in [7, 11) is 0. The van der Waals surface area contributed by atoms with Gasteiger partial charge in [-0.2, -0.15) is 0 Å². The average Bonchev–Trinajstić information content (AvgIpc) is 3.18. The molecule has 1 aromatic carbocycles. The van der Waals surface area contributed by atoms with Gasteiger partial charge < -0.3 is 19.7 Å². The van der Waals surface area contributed by atoms with E-state index in [0.717, 1.165) is 39.0 Å². The first-order valence-corrected chi connectivity index (χ1v) is 9.61. The van der Waals surface area contributed by atoms with Gasteiger partial charge in [0.2, 0.25) is 0 Å². The Kier molecular flexibility index (Phi) is 7.86. The molecule has 0 aromatic heterocycles. The second-order valence-electron chi connectivity index (χ2n) is 6.81. The molecule has 2 aliphatic rings. The lowest BCUT2D eigenvalue weighted by Crippen LogP contribution is -2.31. The van der Waals surface area contributed by atoms with Gasteiger partial charge in [0.15, 0.2) is 11.5 Å². The molecular formula is C19H28Cl2N2O3. The zero-order valence-corrected chi connectivity index (χ0v) is 17.0. The summed E-state index contributed by atoms with van der Waals surface area (Å²) in [5.74, 6) is 2.26. The van der Waals surface area contributed by atoms with Crippen LogP contribution >= 0.6 is 24.0 Å². The Labute approximate surface area is 166 Å². The summed E-state index contributed by atoms with van der Waals surface area (Å²) in [5.41, 5.74) is 0.573. The highest BCUT2D eigenvalue weighted by molar-refractivity contribution is 6.32. The van der Waals surface area contributed by atoms with Crippen molar-refractivity contribution in [2.75, 3.05) is 39.4 Å². The highest BCUT2D eigenvalue weighted by Crippen LogP contribution is 2.38. The topological polar surface area (TPSA) is 50.8 Å². The number of hydrogen-bond donors (Lipinski definition) is 1. The Morgan fingerprint density at radius 3 is 2.54 bits per heavy atom. The zero-order valence-electron chi connectivity index (χ0n) is 15.4. The molecule has 0 spiro atoms. The van der Waals surface area contributed by atoms with Gasteiger partial charge in [-0.05, 0) is 37.3 Å². The molecule has 7 heteroatoms. The molecule has 0 unspecified atom stereocenters. The predicted octanol–water partition coefficient (Wildman–Crippen LogP) is 3.63. The van der Waals surface area contributed by atoms with Gasteiger partial charge in [0.1, 0.15) is 0 Å². The van der Waals surface area contributed by atoms with E-state index in [1.807, 2.05) is 11.8 Å². The third-order valence-corrected chi connectivity index (χ3v) is 5.26. The maximum atomic E-state index is 12.9. The van der Waals surface area contributed by atoms with E-state index in [0.29, 0.717) is 47.1 Å². The van der Waals surface area contributed by atoms with Crippen molar-refractivity contribution < 1.29 is 14.3 Å². The predicted molar refractivity (Wildman–Crippen MR) is 106 cm³/mol. The van der Waals surface area contributed by atoms with Crippen LogP contribution in [0.4, 0.5) is 0 Å². The summed E-state index contributed by atoms with van der Waals surface area (Å²) in [4.78, 5) is 14.8. The van der Waals surface area contributed by atoms with E-state index in [1.165, 1.54) is 0 Å². The first-order valence-electron chi connectivity index (χ1n) is 9.23. The minimum Gasteiger partial charge on any atom is -0.490 e. The summed E-state index contributed by atoms with van der Waals surface area (Å²) in [6, 6.07) is 3.48. The molecule has 0 bridgehead atoms. The maximum absolute atomic E-state index is 12.9. The number of nitrogens with zero attached hydrogens (tertiary/aromatic N) is 1. The van der Waals surface area contributed by atoms with Gasteiger partial charge in [0, 0.05) is 31.7 Å². The van der Waals surface area contributed by atoms with Crippen molar-refractivity contribution in [3.05, 3.63) is 22.7 Å². The Morgan fingerprint density at radius 1 is 1.23 bits per heavy atom. The standard InChI is InChI=1S/C19H27ClN2O3.ClH/c1-3-5-6-25-18-16(20)7-13(8-17(18)24-4-2)19(23)22-11-14-9-21-10-15(14)12-22;/h7-8,14-15,21H,3-6,9-12H2,1-2H3;1H/t14-,15+;. The molecule has 5 nitrogen and oxygen atoms in total. The second kappa shape index (κ2) is 9.67. The van der Waals surface area contributed by atoms with Gasteiger partial charge in [-0.3, -0.25) is 4.79 Å². The molecule has 26 heavy (non-hydrogen) atoms. The quantitative estimate of drug-likeness (QED) is 0.707. The molecule has 2 fully saturated rings. The second-order valence-corrected chi connectivity index (χ2v) is 7.22. The Hall–Kier alpha value is -1.17. The van der Waals surface area contributed by atoms with Crippen LogP contribution in [0.3, 0.4) is 0 Å². The van der Waals surface area contributed by atoms with Gasteiger partial charge in [0.25, 0.3) is 5.91 Å². The van der Waals surface area contributed by atoms with Gasteiger partial charge in [-0.15, -0.1) is 12.4 Å². The Morgan fingerprint density at radius 2 is 1.92 bits per heavy atom. The molecule has 146 valence electrons. The number of nitrogens with one attached hydrogen (secondary N) is 1. The van der Waals surface area contributed by atoms with E-state index < -0.39 is 0 Å². The third-order valence-electron chi connectivity index (χ3n) is 4.98. The molecule has 1 amide bonds. The molecule has 0 saturated carbocycles. The number of amides is 1. The number of carbonyl (C=O) groups is 1. The average molecular weight is 403 g/mol. The molecular weight excluding hydrogens is 375 g/mol. The van der Waals surface area contributed by atoms with Crippen molar-refractivity contribution in [3.63, 3.8) is 0 Å². The van der Waals surface area contributed by atoms with Crippen LogP contribution in [-0.4, -0.2) is 50.2 Å². The summed E-state index contributed by atoms with van der Waals surface area (Å²) in [6.45, 7) is 8.74. The fourth-order valence-electron chi connectivity index (χ4n) is 3.62. The number of rotatable bonds is 7. The third kappa shape index (κ3) is 4.56. The van der Waals surface area contributed by atoms with Crippen molar-refractivity contribution >= 4 is 29.9 Å². The molecule has 0 aliphatic carbocycles. The van der Waals surface area contributed by atoms with Crippen molar-refractivity contribution in [2.24, 2.45) is 11.8 Å². The number of fused-ring (bicyclic) bond motifs is 1. The molecule has 0 radical (unpaired) electrons. The lowest BCUT2D eigenvalue weighted by molar-refractivity contribution is 0.0781. The first-order chi connectivity index (χ1) is 12.1. The molecule has 3 rings (SSSR count). The molecule has 1 N–H and O–H groups in total. The zero-order chi connectivity index (χ0) is 17.8. The number of ether oxygens (including phenoxy) is 2. The number of unbranched alkanes of at least 4 members (excludes halogenated alkanes) is 1. The van der Waals surface area contributed by atoms with E-state index in [9.17, 15) is 4.79 Å². The van der Waals surface area contributed by atoms with Crippen LogP contribution in [-0.2, 0) is 0 Å². The number of hydrogen-bond acceptors (Lipinski definition) is 4. The highest BCUT2D eigenvalue weighted by atomic mass is 35.5. The van der Waals surface area contributed by atoms with E-state index in [1.54, 1.807) is 12.1 Å². The van der Waals surface area contributed by atoms with E-state index in [4.69, 9.17) is 21.1 Å². The van der Waals surface area contributed by atoms with Crippen molar-refractivity contribution in [1.82, 2.24) is 10.2 Å². The van der Waals surface area contributed by atoms with Crippen LogP contribution in [0.15, 0.2) is 12.1 Å². The molecule has 2 saturated heterocycles. The highest BCUT2D eigenvalue weighted by Gasteiger charge is 2.38. The smallest absolute Gasteiger partial charge is 0.254 e. The van der Waals surface area contributed by atoms with Crippen LogP contribution in [0.1, 0.15) is 37.0 Å². The summed E-state index contributed by atoms with van der Waals surface area (Å²) in [5, 5.41) is 3.83. The summed E-state index contributed by atoms with van der Waals surface area (Å²) in [6.07, 6.45) is 2.00. The maximum Gasteiger partial charge on any atom is 0.254 e. The van der Waals surface area contributed by atoms with E-state index in [-0.39, 0.29) is 18.3 Å². The summed E-state index contributed by atoms with van der Waals surface area (Å²) < 4.78 is 11.5. The first kappa shape index (κ1) is 21.1. The number of halogens is 2. The minimum absolute atomic E-state index is 0. The van der Waals surface area contributed by atoms with Crippen molar-refractivity contribution in [2.45, 2.75) is 26.7 Å². The van der Waals surface area contributed by atoms with Crippen molar-refractivity contribution in [1.29, 1.82) is 0 Å². The summed E-state index contributed by atoms with van der Waals surface area (Å²) >= 11 is 6.41. The SMILES string of the molecule is CCCCOc1c(Cl)cc(C(=O)N2C[C@H]3CNC[C@H]3C2)cc1OCC.Cl. The molecule has 2 heterocycles. The van der Waals surface area contributed by atoms with E-state index >= 15 is 0 Å². The van der Waals surface area contributed by atoms with Gasteiger partial charge in [-0.1, -0.05) is 24.9 Å². The van der Waals surface area contributed by atoms with Crippen LogP contribution in [0.2, 0.25) is 5.02 Å². The van der Waals surface area contributed by atoms with Crippen LogP contribution < -0.4 is 14.8 Å². The fraction of sp³-hybridized carbons (Fsp3) is 0.632. The normalized spacial score (nSPS) is 21.3. The molecule has 2 atom stereocenters. The van der Waals surface area contributed by atoms with E-state index in [2.05, 4.69) is 12.2 Å². The van der Waals surface area contributed by atoms with Crippen LogP contribution in [0, 0.1) is 11.8 Å². The number of carbonyl (C=O) groups excluding carboxylic acids is 1. The van der Waals surface area contributed by atoms with Gasteiger partial charge >= 0.3 is 0 Å². The Bertz CT molecular complexity index is 615. The van der Waals surface area contributed by atoms with Crippen LogP contribution in [0.25, 0.3) is 0 Å². The number of benzene rings is 1. The lowest BCUT2D eigenvalue weighted by Gasteiger charge is -2.20. The largest absolute Gasteiger partial charge is 0.490 e. The monoisotopic (exact) mass is 402 g/mol. The minimum atomic E-state index is 0. The van der Waals surface area contributed by atoms with Crippen LogP contribution in [0.5, 0.6) is 11.5 Å². The molecule has 1 aromatic rings.